The molecule has 1 fully saturated rings. The van der Waals surface area contributed by atoms with Gasteiger partial charge in [-0.1, -0.05) is 23.2 Å². The second kappa shape index (κ2) is 6.72. The molecule has 0 radical (unpaired) electrons. The average Bonchev–Trinajstić information content (AvgIpc) is 3.29. The lowest BCUT2D eigenvalue weighted by atomic mass is 10.2. The summed E-state index contributed by atoms with van der Waals surface area (Å²) in [6.45, 7) is 2.20. The summed E-state index contributed by atoms with van der Waals surface area (Å²) in [5, 5.41) is 4.19. The van der Waals surface area contributed by atoms with Crippen LogP contribution in [0.3, 0.4) is 0 Å². The van der Waals surface area contributed by atoms with E-state index in [-0.39, 0.29) is 21.3 Å². The summed E-state index contributed by atoms with van der Waals surface area (Å²) in [5.41, 5.74) is 0.959. The molecule has 0 amide bonds. The summed E-state index contributed by atoms with van der Waals surface area (Å²) in [7, 11) is 0. The molecule has 1 aliphatic rings. The summed E-state index contributed by atoms with van der Waals surface area (Å²) < 4.78 is 9.13. The minimum absolute atomic E-state index is 0.0984. The summed E-state index contributed by atoms with van der Waals surface area (Å²) in [6, 6.07) is 8.56. The fourth-order valence-corrected chi connectivity index (χ4v) is 3.88. The normalized spacial score (nSPS) is 14.8. The number of nitrogens with zero attached hydrogens (tertiary/aromatic N) is 4. The molecule has 4 aromatic rings. The number of H-pyrrole nitrogens is 1. The summed E-state index contributed by atoms with van der Waals surface area (Å²) in [6.07, 6.45) is 5.07. The van der Waals surface area contributed by atoms with Crippen LogP contribution in [0, 0.1) is 0 Å². The Hall–Kier alpha value is -3.10. The first-order valence-electron chi connectivity index (χ1n) is 9.18. The average molecular weight is 444 g/mol. The number of imidazole rings is 1. The van der Waals surface area contributed by atoms with Gasteiger partial charge in [-0.05, 0) is 44.0 Å². The van der Waals surface area contributed by atoms with E-state index >= 15 is 0 Å². The topological polar surface area (TPSA) is 94.8 Å². The Labute approximate surface area is 179 Å². The van der Waals surface area contributed by atoms with E-state index in [1.54, 1.807) is 6.07 Å². The Morgan fingerprint density at radius 3 is 2.53 bits per heavy atom. The minimum Gasteiger partial charge on any atom is -0.454 e. The van der Waals surface area contributed by atoms with Gasteiger partial charge in [0.1, 0.15) is 11.9 Å². The highest BCUT2D eigenvalue weighted by Gasteiger charge is 2.40. The third-order valence-corrected chi connectivity index (χ3v) is 5.80. The quantitative estimate of drug-likeness (QED) is 0.516. The van der Waals surface area contributed by atoms with E-state index in [2.05, 4.69) is 26.6 Å². The van der Waals surface area contributed by atoms with E-state index in [1.807, 2.05) is 18.5 Å². The van der Waals surface area contributed by atoms with Gasteiger partial charge < -0.3 is 9.30 Å². The fraction of sp³-hybridized carbons (Fsp3) is 0.200. The van der Waals surface area contributed by atoms with E-state index in [4.69, 9.17) is 27.9 Å². The molecule has 2 heterocycles. The van der Waals surface area contributed by atoms with Crippen LogP contribution in [0.4, 0.5) is 0 Å². The highest BCUT2D eigenvalue weighted by Crippen LogP contribution is 2.45. The zero-order valence-corrected chi connectivity index (χ0v) is 17.2. The van der Waals surface area contributed by atoms with Gasteiger partial charge in [0, 0.05) is 11.6 Å². The van der Waals surface area contributed by atoms with Gasteiger partial charge >= 0.3 is 5.69 Å². The summed E-state index contributed by atoms with van der Waals surface area (Å²) >= 11 is 12.8. The van der Waals surface area contributed by atoms with E-state index in [1.165, 1.54) is 12.1 Å². The Kier molecular flexibility index (Phi) is 4.23. The van der Waals surface area contributed by atoms with Gasteiger partial charge in [0.15, 0.2) is 5.75 Å². The fourth-order valence-electron chi connectivity index (χ4n) is 3.32. The van der Waals surface area contributed by atoms with Crippen LogP contribution in [0.25, 0.3) is 16.7 Å². The molecule has 5 rings (SSSR count). The Balaban J connectivity index is 1.52. The molecule has 2 aromatic carbocycles. The van der Waals surface area contributed by atoms with Crippen LogP contribution in [0.15, 0.2) is 52.4 Å². The van der Waals surface area contributed by atoms with Gasteiger partial charge in [-0.2, -0.15) is 9.78 Å². The first-order valence-corrected chi connectivity index (χ1v) is 9.93. The van der Waals surface area contributed by atoms with Crippen LogP contribution in [-0.4, -0.2) is 24.3 Å². The molecule has 1 aliphatic carbocycles. The number of ether oxygens (including phenoxy) is 1. The van der Waals surface area contributed by atoms with Gasteiger partial charge in [0.2, 0.25) is 0 Å². The highest BCUT2D eigenvalue weighted by molar-refractivity contribution is 6.37. The van der Waals surface area contributed by atoms with Gasteiger partial charge in [0.05, 0.1) is 33.1 Å². The van der Waals surface area contributed by atoms with Crippen molar-refractivity contribution in [3.8, 4) is 17.2 Å². The largest absolute Gasteiger partial charge is 0.454 e. The number of hydrogen-bond acceptors (Lipinski definition) is 5. The van der Waals surface area contributed by atoms with Crippen LogP contribution >= 0.6 is 23.2 Å². The van der Waals surface area contributed by atoms with Gasteiger partial charge in [-0.15, -0.1) is 0 Å². The van der Waals surface area contributed by atoms with Crippen molar-refractivity contribution in [3.05, 3.63) is 73.7 Å². The lowest BCUT2D eigenvalue weighted by Gasteiger charge is -2.14. The number of nitrogens with one attached hydrogen (secondary N) is 1. The molecule has 30 heavy (non-hydrogen) atoms. The van der Waals surface area contributed by atoms with Crippen molar-refractivity contribution in [3.63, 3.8) is 0 Å². The molecular formula is C20H15Cl2N5O3. The standard InChI is InChI=1S/C20H15Cl2N5O3/c1-20(4-5-20)26-10-23-15-3-2-12(8-16(15)26)30-18-13(21)6-11(7-14(18)22)27-19(29)25-17(28)9-24-27/h2-3,6-10H,4-5H2,1H3,(H,25,28,29). The number of aromatic amines is 1. The molecule has 0 unspecified atom stereocenters. The molecule has 0 aliphatic heterocycles. The maximum atomic E-state index is 12.0. The molecule has 152 valence electrons. The van der Waals surface area contributed by atoms with Crippen molar-refractivity contribution >= 4 is 34.2 Å². The van der Waals surface area contributed by atoms with Gasteiger partial charge in [-0.25, -0.2) is 9.78 Å². The molecule has 0 atom stereocenters. The van der Waals surface area contributed by atoms with E-state index in [9.17, 15) is 9.59 Å². The predicted octanol–water partition coefficient (Wildman–Crippen LogP) is 3.88. The monoisotopic (exact) mass is 443 g/mol. The lowest BCUT2D eigenvalue weighted by molar-refractivity contribution is 0.482. The van der Waals surface area contributed by atoms with Crippen molar-refractivity contribution in [1.82, 2.24) is 24.3 Å². The van der Waals surface area contributed by atoms with Gasteiger partial charge in [0.25, 0.3) is 5.56 Å². The molecule has 8 nitrogen and oxygen atoms in total. The molecule has 0 spiro atoms. The number of rotatable bonds is 4. The maximum absolute atomic E-state index is 12.0. The molecule has 1 N–H and O–H groups in total. The number of aromatic nitrogens is 5. The van der Waals surface area contributed by atoms with Crippen molar-refractivity contribution < 1.29 is 4.74 Å². The molecule has 0 saturated heterocycles. The third-order valence-electron chi connectivity index (χ3n) is 5.23. The third kappa shape index (κ3) is 3.18. The Morgan fingerprint density at radius 2 is 1.87 bits per heavy atom. The van der Waals surface area contributed by atoms with E-state index in [0.29, 0.717) is 11.4 Å². The smallest absolute Gasteiger partial charge is 0.349 e. The molecule has 2 aromatic heterocycles. The van der Waals surface area contributed by atoms with Gasteiger partial charge in [-0.3, -0.25) is 9.78 Å². The van der Waals surface area contributed by atoms with Crippen LogP contribution in [0.5, 0.6) is 11.5 Å². The lowest BCUT2D eigenvalue weighted by Crippen LogP contribution is -2.30. The first-order chi connectivity index (χ1) is 14.3. The van der Waals surface area contributed by atoms with Crippen LogP contribution < -0.4 is 16.0 Å². The van der Waals surface area contributed by atoms with Crippen LogP contribution in [0.1, 0.15) is 19.8 Å². The predicted molar refractivity (Wildman–Crippen MR) is 113 cm³/mol. The summed E-state index contributed by atoms with van der Waals surface area (Å²) in [5.74, 6) is 0.812. The first kappa shape index (κ1) is 18.9. The number of fused-ring (bicyclic) bond motifs is 1. The minimum atomic E-state index is -0.699. The van der Waals surface area contributed by atoms with Crippen LogP contribution in [-0.2, 0) is 5.54 Å². The van der Waals surface area contributed by atoms with Crippen molar-refractivity contribution in [2.45, 2.75) is 25.3 Å². The number of hydrogen-bond donors (Lipinski definition) is 1. The summed E-state index contributed by atoms with van der Waals surface area (Å²) in [4.78, 5) is 29.8. The Bertz CT molecular complexity index is 1390. The number of halogens is 2. The van der Waals surface area contributed by atoms with Crippen LogP contribution in [0.2, 0.25) is 10.0 Å². The molecule has 10 heteroatoms. The van der Waals surface area contributed by atoms with E-state index < -0.39 is 11.2 Å². The van der Waals surface area contributed by atoms with Crippen molar-refractivity contribution in [1.29, 1.82) is 0 Å². The molecular weight excluding hydrogens is 429 g/mol. The molecule has 1 saturated carbocycles. The SMILES string of the molecule is CC1(n2cnc3ccc(Oc4c(Cl)cc(-n5ncc(=O)[nH]c5=O)cc4Cl)cc32)CC1. The number of benzene rings is 2. The maximum Gasteiger partial charge on any atom is 0.349 e. The second-order valence-corrected chi connectivity index (χ2v) is 8.27. The van der Waals surface area contributed by atoms with Crippen molar-refractivity contribution in [2.24, 2.45) is 0 Å². The van der Waals surface area contributed by atoms with Crippen molar-refractivity contribution in [2.75, 3.05) is 0 Å². The second-order valence-electron chi connectivity index (χ2n) is 7.45. The van der Waals surface area contributed by atoms with E-state index in [0.717, 1.165) is 34.8 Å². The molecule has 0 bridgehead atoms. The highest BCUT2D eigenvalue weighted by atomic mass is 35.5. The zero-order valence-electron chi connectivity index (χ0n) is 15.7. The Morgan fingerprint density at radius 1 is 1.13 bits per heavy atom. The zero-order chi connectivity index (χ0) is 21.0.